The van der Waals surface area contributed by atoms with Gasteiger partial charge in [-0.1, -0.05) is 34.8 Å². The van der Waals surface area contributed by atoms with Crippen LogP contribution in [0.1, 0.15) is 0 Å². The van der Waals surface area contributed by atoms with Gasteiger partial charge >= 0.3 is 5.69 Å². The maximum absolute atomic E-state index is 11.0. The van der Waals surface area contributed by atoms with Crippen molar-refractivity contribution in [2.45, 2.75) is 0 Å². The van der Waals surface area contributed by atoms with E-state index in [1.807, 2.05) is 0 Å². The lowest BCUT2D eigenvalue weighted by atomic mass is 10.1. The molecule has 18 heavy (non-hydrogen) atoms. The lowest BCUT2D eigenvalue weighted by molar-refractivity contribution is -0.384. The molecule has 0 saturated heterocycles. The van der Waals surface area contributed by atoms with E-state index in [1.54, 1.807) is 0 Å². The number of benzene rings is 1. The summed E-state index contributed by atoms with van der Waals surface area (Å²) in [7, 11) is 0. The van der Waals surface area contributed by atoms with Gasteiger partial charge in [-0.2, -0.15) is 0 Å². The van der Waals surface area contributed by atoms with Crippen molar-refractivity contribution in [3.8, 4) is 11.3 Å². The van der Waals surface area contributed by atoms with Crippen molar-refractivity contribution in [3.63, 3.8) is 0 Å². The summed E-state index contributed by atoms with van der Waals surface area (Å²) in [6, 6.07) is 4.54. The van der Waals surface area contributed by atoms with Gasteiger partial charge in [0.2, 0.25) is 5.15 Å². The maximum Gasteiger partial charge on any atom is 0.332 e. The van der Waals surface area contributed by atoms with Gasteiger partial charge in [-0.3, -0.25) is 10.1 Å². The highest BCUT2D eigenvalue weighted by Gasteiger charge is 2.23. The van der Waals surface area contributed by atoms with Gasteiger partial charge in [0.05, 0.1) is 4.92 Å². The Morgan fingerprint density at radius 3 is 2.22 bits per heavy atom. The highest BCUT2D eigenvalue weighted by Crippen LogP contribution is 2.34. The van der Waals surface area contributed by atoms with Gasteiger partial charge in [-0.05, 0) is 18.2 Å². The molecule has 0 amide bonds. The van der Waals surface area contributed by atoms with Crippen molar-refractivity contribution < 1.29 is 4.92 Å². The summed E-state index contributed by atoms with van der Waals surface area (Å²) in [6.45, 7) is 0. The summed E-state index contributed by atoms with van der Waals surface area (Å²) in [4.78, 5) is 17.8. The van der Waals surface area contributed by atoms with Crippen molar-refractivity contribution in [3.05, 3.63) is 49.8 Å². The van der Waals surface area contributed by atoms with Crippen molar-refractivity contribution >= 4 is 40.5 Å². The van der Waals surface area contributed by atoms with Crippen LogP contribution in [0, 0.1) is 10.1 Å². The third kappa shape index (κ3) is 2.53. The first-order valence-corrected chi connectivity index (χ1v) is 5.74. The summed E-state index contributed by atoms with van der Waals surface area (Å²) in [5.74, 6) is 0. The topological polar surface area (TPSA) is 68.9 Å². The number of hydrogen-bond donors (Lipinski definition) is 0. The van der Waals surface area contributed by atoms with Crippen LogP contribution in [0.15, 0.2) is 24.5 Å². The molecule has 0 saturated carbocycles. The van der Waals surface area contributed by atoms with Crippen LogP contribution >= 0.6 is 34.8 Å². The molecule has 0 aliphatic carbocycles. The molecule has 1 aromatic carbocycles. The van der Waals surface area contributed by atoms with Crippen LogP contribution in [0.2, 0.25) is 15.2 Å². The zero-order valence-corrected chi connectivity index (χ0v) is 10.9. The molecule has 0 fully saturated rings. The molecule has 0 N–H and O–H groups in total. The van der Waals surface area contributed by atoms with Crippen LogP contribution in [0.4, 0.5) is 5.69 Å². The Morgan fingerprint density at radius 2 is 1.67 bits per heavy atom. The Morgan fingerprint density at radius 1 is 1.06 bits per heavy atom. The molecular formula is C10H4Cl3N3O2. The molecule has 1 aromatic heterocycles. The molecule has 5 nitrogen and oxygen atoms in total. The third-order valence-corrected chi connectivity index (χ3v) is 2.81. The van der Waals surface area contributed by atoms with E-state index in [4.69, 9.17) is 34.8 Å². The summed E-state index contributed by atoms with van der Waals surface area (Å²) < 4.78 is 0. The van der Waals surface area contributed by atoms with E-state index < -0.39 is 4.92 Å². The zero-order valence-electron chi connectivity index (χ0n) is 8.60. The minimum atomic E-state index is -0.646. The molecule has 0 aliphatic heterocycles. The number of hydrogen-bond acceptors (Lipinski definition) is 4. The van der Waals surface area contributed by atoms with E-state index in [-0.39, 0.29) is 16.5 Å². The molecular weight excluding hydrogens is 300 g/mol. The van der Waals surface area contributed by atoms with Crippen molar-refractivity contribution in [2.75, 3.05) is 0 Å². The van der Waals surface area contributed by atoms with Crippen LogP contribution in [-0.4, -0.2) is 14.9 Å². The molecule has 0 aliphatic rings. The molecule has 92 valence electrons. The van der Waals surface area contributed by atoms with Crippen LogP contribution in [0.3, 0.4) is 0 Å². The Balaban J connectivity index is 2.71. The molecule has 0 bridgehead atoms. The van der Waals surface area contributed by atoms with Crippen LogP contribution in [0.25, 0.3) is 11.3 Å². The molecule has 0 radical (unpaired) electrons. The lowest BCUT2D eigenvalue weighted by Gasteiger charge is -2.04. The van der Waals surface area contributed by atoms with Crippen LogP contribution in [0.5, 0.6) is 0 Å². The van der Waals surface area contributed by atoms with Gasteiger partial charge in [0, 0.05) is 15.6 Å². The van der Waals surface area contributed by atoms with E-state index in [2.05, 4.69) is 9.97 Å². The van der Waals surface area contributed by atoms with Gasteiger partial charge in [0.25, 0.3) is 0 Å². The number of rotatable bonds is 2. The third-order valence-electron chi connectivity index (χ3n) is 2.10. The predicted molar refractivity (Wildman–Crippen MR) is 69.2 cm³/mol. The molecule has 2 aromatic rings. The number of nitro groups is 1. The SMILES string of the molecule is O=[N+]([O-])c1c(Cl)ncnc1-c1cc(Cl)cc(Cl)c1. The van der Waals surface area contributed by atoms with E-state index >= 15 is 0 Å². The van der Waals surface area contributed by atoms with E-state index in [0.717, 1.165) is 6.33 Å². The van der Waals surface area contributed by atoms with Gasteiger partial charge in [0.1, 0.15) is 6.33 Å². The quantitative estimate of drug-likeness (QED) is 0.477. The standard InChI is InChI=1S/C10H4Cl3N3O2/c11-6-1-5(2-7(12)3-6)8-9(16(17)18)10(13)15-4-14-8/h1-4H. The Kier molecular flexibility index (Phi) is 3.65. The van der Waals surface area contributed by atoms with Gasteiger partial charge in [0.15, 0.2) is 5.69 Å². The smallest absolute Gasteiger partial charge is 0.258 e. The first-order chi connectivity index (χ1) is 8.49. The van der Waals surface area contributed by atoms with Crippen LogP contribution in [-0.2, 0) is 0 Å². The summed E-state index contributed by atoms with van der Waals surface area (Å²) in [5.41, 5.74) is 0.102. The van der Waals surface area contributed by atoms with Crippen LogP contribution < -0.4 is 0 Å². The Bertz CT molecular complexity index is 614. The highest BCUT2D eigenvalue weighted by atomic mass is 35.5. The van der Waals surface area contributed by atoms with Crippen molar-refractivity contribution in [1.29, 1.82) is 0 Å². The number of aromatic nitrogens is 2. The minimum Gasteiger partial charge on any atom is -0.258 e. The van der Waals surface area contributed by atoms with E-state index in [0.29, 0.717) is 15.6 Å². The summed E-state index contributed by atoms with van der Waals surface area (Å²) in [5, 5.41) is 11.4. The molecule has 2 rings (SSSR count). The van der Waals surface area contributed by atoms with Crippen molar-refractivity contribution in [1.82, 2.24) is 9.97 Å². The summed E-state index contributed by atoms with van der Waals surface area (Å²) >= 11 is 17.4. The summed E-state index contributed by atoms with van der Waals surface area (Å²) in [6.07, 6.45) is 1.14. The largest absolute Gasteiger partial charge is 0.332 e. The molecule has 0 spiro atoms. The monoisotopic (exact) mass is 303 g/mol. The van der Waals surface area contributed by atoms with E-state index in [1.165, 1.54) is 18.2 Å². The molecule has 0 atom stereocenters. The second-order valence-corrected chi connectivity index (χ2v) is 4.51. The highest BCUT2D eigenvalue weighted by molar-refractivity contribution is 6.35. The average Bonchev–Trinajstić information content (AvgIpc) is 2.26. The van der Waals surface area contributed by atoms with Gasteiger partial charge < -0.3 is 0 Å². The fraction of sp³-hybridized carbons (Fsp3) is 0. The van der Waals surface area contributed by atoms with E-state index in [9.17, 15) is 10.1 Å². The molecule has 8 heteroatoms. The first-order valence-electron chi connectivity index (χ1n) is 4.60. The Labute approximate surface area is 116 Å². The van der Waals surface area contributed by atoms with Gasteiger partial charge in [-0.15, -0.1) is 0 Å². The number of halogens is 3. The zero-order chi connectivity index (χ0) is 13.3. The fourth-order valence-corrected chi connectivity index (χ4v) is 2.15. The maximum atomic E-state index is 11.0. The van der Waals surface area contributed by atoms with Gasteiger partial charge in [-0.25, -0.2) is 9.97 Å². The second kappa shape index (κ2) is 5.06. The first kappa shape index (κ1) is 13.0. The lowest BCUT2D eigenvalue weighted by Crippen LogP contribution is -1.97. The minimum absolute atomic E-state index is 0.0735. The van der Waals surface area contributed by atoms with Crippen molar-refractivity contribution in [2.24, 2.45) is 0 Å². The molecule has 0 unspecified atom stereocenters. The normalized spacial score (nSPS) is 10.4. The fourth-order valence-electron chi connectivity index (χ4n) is 1.42. The predicted octanol–water partition coefficient (Wildman–Crippen LogP) is 4.01. The Hall–Kier alpha value is -1.43. The second-order valence-electron chi connectivity index (χ2n) is 3.28. The molecule has 1 heterocycles. The number of nitrogens with zero attached hydrogens (tertiary/aromatic N) is 3. The average molecular weight is 305 g/mol.